The number of aryl methyl sites for hydroxylation is 1. The van der Waals surface area contributed by atoms with Crippen LogP contribution in [-0.2, 0) is 11.2 Å². The Labute approximate surface area is 109 Å². The molecule has 100 valence electrons. The third-order valence-corrected chi connectivity index (χ3v) is 3.81. The predicted octanol–water partition coefficient (Wildman–Crippen LogP) is 1.83. The molecule has 3 N–H and O–H groups in total. The van der Waals surface area contributed by atoms with E-state index >= 15 is 0 Å². The van der Waals surface area contributed by atoms with Crippen LogP contribution < -0.4 is 11.1 Å². The van der Waals surface area contributed by atoms with Crippen LogP contribution in [0.25, 0.3) is 0 Å². The van der Waals surface area contributed by atoms with Crippen molar-refractivity contribution in [2.24, 2.45) is 5.73 Å². The summed E-state index contributed by atoms with van der Waals surface area (Å²) in [6.07, 6.45) is 3.19. The van der Waals surface area contributed by atoms with Crippen molar-refractivity contribution >= 4 is 5.91 Å². The van der Waals surface area contributed by atoms with Crippen LogP contribution in [0.1, 0.15) is 55.7 Å². The van der Waals surface area contributed by atoms with Gasteiger partial charge in [0.1, 0.15) is 6.04 Å². The molecule has 1 amide bonds. The lowest BCUT2D eigenvalue weighted by Gasteiger charge is -2.24. The number of likely N-dealkylation sites (N-methyl/N-ethyl adjacent to an activating group) is 1. The largest absolute Gasteiger partial charge is 0.355 e. The van der Waals surface area contributed by atoms with Crippen LogP contribution in [0.5, 0.6) is 0 Å². The first-order valence-electron chi connectivity index (χ1n) is 6.80. The minimum atomic E-state index is -0.154. The van der Waals surface area contributed by atoms with E-state index in [4.69, 9.17) is 5.73 Å². The molecule has 0 radical (unpaired) electrons. The van der Waals surface area contributed by atoms with Crippen molar-refractivity contribution < 1.29 is 4.79 Å². The average Bonchev–Trinajstić information content (AvgIpc) is 2.66. The summed E-state index contributed by atoms with van der Waals surface area (Å²) >= 11 is 0. The van der Waals surface area contributed by atoms with Crippen molar-refractivity contribution in [3.8, 4) is 0 Å². The highest BCUT2D eigenvalue weighted by atomic mass is 16.2. The number of rotatable bonds is 3. The van der Waals surface area contributed by atoms with Gasteiger partial charge in [0.15, 0.2) is 0 Å². The Kier molecular flexibility index (Phi) is 3.76. The Hall–Kier alpha value is -1.29. The first kappa shape index (κ1) is 13.1. The van der Waals surface area contributed by atoms with E-state index in [0.717, 1.165) is 25.0 Å². The fourth-order valence-electron chi connectivity index (χ4n) is 2.94. The van der Waals surface area contributed by atoms with Crippen molar-refractivity contribution in [1.29, 1.82) is 0 Å². The van der Waals surface area contributed by atoms with Crippen LogP contribution in [0.15, 0.2) is 6.07 Å². The zero-order valence-corrected chi connectivity index (χ0v) is 11.5. The van der Waals surface area contributed by atoms with Gasteiger partial charge in [-0.05, 0) is 51.7 Å². The summed E-state index contributed by atoms with van der Waals surface area (Å²) in [4.78, 5) is 12.0. The number of aromatic nitrogens is 1. The van der Waals surface area contributed by atoms with Gasteiger partial charge in [-0.25, -0.2) is 0 Å². The number of carbonyl (C=O) groups excluding carboxylic acids is 1. The molecule has 1 aromatic heterocycles. The summed E-state index contributed by atoms with van der Waals surface area (Å²) < 4.78 is 2.15. The molecule has 0 aliphatic heterocycles. The molecule has 0 saturated heterocycles. The molecule has 0 saturated carbocycles. The normalized spacial score (nSPS) is 20.3. The second kappa shape index (κ2) is 5.14. The zero-order chi connectivity index (χ0) is 13.3. The molecule has 1 aliphatic rings. The summed E-state index contributed by atoms with van der Waals surface area (Å²) in [6, 6.07) is 2.13. The SMILES string of the molecule is CCNC(=O)C(C)n1c(C)cc2c1CCCC2N. The molecule has 18 heavy (non-hydrogen) atoms. The minimum absolute atomic E-state index is 0.0816. The number of nitrogens with one attached hydrogen (secondary N) is 1. The van der Waals surface area contributed by atoms with E-state index < -0.39 is 0 Å². The number of hydrogen-bond acceptors (Lipinski definition) is 2. The van der Waals surface area contributed by atoms with Gasteiger partial charge in [0.2, 0.25) is 5.91 Å². The second-order valence-corrected chi connectivity index (χ2v) is 5.13. The molecule has 2 atom stereocenters. The lowest BCUT2D eigenvalue weighted by molar-refractivity contribution is -0.123. The Morgan fingerprint density at radius 1 is 1.67 bits per heavy atom. The minimum Gasteiger partial charge on any atom is -0.355 e. The van der Waals surface area contributed by atoms with Crippen LogP contribution in [0.3, 0.4) is 0 Å². The van der Waals surface area contributed by atoms with Gasteiger partial charge in [-0.1, -0.05) is 0 Å². The number of nitrogens with zero attached hydrogens (tertiary/aromatic N) is 1. The van der Waals surface area contributed by atoms with Gasteiger partial charge >= 0.3 is 0 Å². The number of carbonyl (C=O) groups is 1. The Morgan fingerprint density at radius 3 is 3.06 bits per heavy atom. The van der Waals surface area contributed by atoms with Crippen LogP contribution in [0.2, 0.25) is 0 Å². The number of hydrogen-bond donors (Lipinski definition) is 2. The molecule has 0 bridgehead atoms. The van der Waals surface area contributed by atoms with Gasteiger partial charge in [-0.2, -0.15) is 0 Å². The molecule has 0 spiro atoms. The Balaban J connectivity index is 2.36. The maximum Gasteiger partial charge on any atom is 0.242 e. The van der Waals surface area contributed by atoms with Crippen molar-refractivity contribution in [3.63, 3.8) is 0 Å². The summed E-state index contributed by atoms with van der Waals surface area (Å²) in [7, 11) is 0. The third-order valence-electron chi connectivity index (χ3n) is 3.81. The third kappa shape index (κ3) is 2.17. The van der Waals surface area contributed by atoms with E-state index in [-0.39, 0.29) is 18.0 Å². The maximum atomic E-state index is 12.0. The highest BCUT2D eigenvalue weighted by Gasteiger charge is 2.26. The lowest BCUT2D eigenvalue weighted by atomic mass is 9.93. The van der Waals surface area contributed by atoms with Gasteiger partial charge in [-0.15, -0.1) is 0 Å². The molecular weight excluding hydrogens is 226 g/mol. The van der Waals surface area contributed by atoms with Crippen molar-refractivity contribution in [3.05, 3.63) is 23.0 Å². The van der Waals surface area contributed by atoms with Crippen molar-refractivity contribution in [1.82, 2.24) is 9.88 Å². The first-order valence-corrected chi connectivity index (χ1v) is 6.80. The van der Waals surface area contributed by atoms with E-state index in [2.05, 4.69) is 22.9 Å². The monoisotopic (exact) mass is 249 g/mol. The highest BCUT2D eigenvalue weighted by Crippen LogP contribution is 2.32. The van der Waals surface area contributed by atoms with E-state index in [1.807, 2.05) is 13.8 Å². The molecule has 0 fully saturated rings. The van der Waals surface area contributed by atoms with E-state index in [1.165, 1.54) is 11.3 Å². The molecule has 2 rings (SSSR count). The molecule has 1 aliphatic carbocycles. The first-order chi connectivity index (χ1) is 8.56. The zero-order valence-electron chi connectivity index (χ0n) is 11.5. The number of fused-ring (bicyclic) bond motifs is 1. The Morgan fingerprint density at radius 2 is 2.39 bits per heavy atom. The molecule has 4 nitrogen and oxygen atoms in total. The van der Waals surface area contributed by atoms with Crippen molar-refractivity contribution in [2.45, 2.75) is 52.1 Å². The van der Waals surface area contributed by atoms with Crippen LogP contribution in [-0.4, -0.2) is 17.0 Å². The van der Waals surface area contributed by atoms with Gasteiger partial charge < -0.3 is 15.6 Å². The van der Waals surface area contributed by atoms with Crippen molar-refractivity contribution in [2.75, 3.05) is 6.54 Å². The van der Waals surface area contributed by atoms with E-state index in [0.29, 0.717) is 6.54 Å². The summed E-state index contributed by atoms with van der Waals surface area (Å²) in [6.45, 7) is 6.63. The van der Waals surface area contributed by atoms with Gasteiger partial charge in [-0.3, -0.25) is 4.79 Å². The summed E-state index contributed by atoms with van der Waals surface area (Å²) in [5.74, 6) is 0.0816. The molecule has 4 heteroatoms. The van der Waals surface area contributed by atoms with Crippen LogP contribution >= 0.6 is 0 Å². The molecule has 2 unspecified atom stereocenters. The maximum absolute atomic E-state index is 12.0. The summed E-state index contributed by atoms with van der Waals surface area (Å²) in [5, 5.41) is 2.89. The molecule has 1 aromatic rings. The second-order valence-electron chi connectivity index (χ2n) is 5.13. The molecule has 0 aromatic carbocycles. The van der Waals surface area contributed by atoms with Gasteiger partial charge in [0.05, 0.1) is 0 Å². The van der Waals surface area contributed by atoms with Gasteiger partial charge in [0, 0.05) is 24.0 Å². The van der Waals surface area contributed by atoms with Crippen LogP contribution in [0, 0.1) is 6.92 Å². The number of nitrogens with two attached hydrogens (primary N) is 1. The fraction of sp³-hybridized carbons (Fsp3) is 0.643. The standard InChI is InChI=1S/C14H23N3O/c1-4-16-14(18)10(3)17-9(2)8-11-12(15)6-5-7-13(11)17/h8,10,12H,4-7,15H2,1-3H3,(H,16,18). The van der Waals surface area contributed by atoms with E-state index in [9.17, 15) is 4.79 Å². The highest BCUT2D eigenvalue weighted by molar-refractivity contribution is 5.80. The van der Waals surface area contributed by atoms with E-state index in [1.54, 1.807) is 0 Å². The summed E-state index contributed by atoms with van der Waals surface area (Å²) in [5.41, 5.74) is 9.77. The van der Waals surface area contributed by atoms with Gasteiger partial charge in [0.25, 0.3) is 0 Å². The number of amides is 1. The van der Waals surface area contributed by atoms with Crippen LogP contribution in [0.4, 0.5) is 0 Å². The average molecular weight is 249 g/mol. The smallest absolute Gasteiger partial charge is 0.242 e. The quantitative estimate of drug-likeness (QED) is 0.858. The lowest BCUT2D eigenvalue weighted by Crippen LogP contribution is -2.32. The fourth-order valence-corrected chi connectivity index (χ4v) is 2.94. The molecular formula is C14H23N3O. The molecule has 1 heterocycles. The predicted molar refractivity (Wildman–Crippen MR) is 72.4 cm³/mol. The Bertz CT molecular complexity index is 450. The topological polar surface area (TPSA) is 60.0 Å².